The van der Waals surface area contributed by atoms with Crippen LogP contribution in [0, 0.1) is 0 Å². The Morgan fingerprint density at radius 1 is 1.80 bits per heavy atom. The minimum absolute atomic E-state index is 0.439. The number of carboxylic acid groups (broad SMARTS) is 1. The number of nitrogens with one attached hydrogen (secondary N) is 1. The summed E-state index contributed by atoms with van der Waals surface area (Å²) in [7, 11) is 0. The molecule has 0 fully saturated rings. The largest absolute Gasteiger partial charge is 0.480 e. The van der Waals surface area contributed by atoms with Gasteiger partial charge in [0.1, 0.15) is 6.04 Å². The van der Waals surface area contributed by atoms with E-state index < -0.39 is 12.0 Å². The number of aliphatic imine (C=N–C) groups is 1. The molecule has 0 aliphatic carbocycles. The van der Waals surface area contributed by atoms with Crippen molar-refractivity contribution in [3.05, 3.63) is 0 Å². The van der Waals surface area contributed by atoms with Crippen LogP contribution in [-0.4, -0.2) is 30.0 Å². The fraction of sp³-hybridized carbons (Fsp3) is 0.667. The highest BCUT2D eigenvalue weighted by atomic mass is 16.4. The predicted molar refractivity (Wildman–Crippen MR) is 37.2 cm³/mol. The van der Waals surface area contributed by atoms with Crippen LogP contribution in [-0.2, 0) is 4.79 Å². The molecule has 56 valence electrons. The van der Waals surface area contributed by atoms with E-state index in [0.29, 0.717) is 6.42 Å². The Morgan fingerprint density at radius 2 is 2.60 bits per heavy atom. The molecule has 4 heteroatoms. The molecule has 0 aromatic heterocycles. The van der Waals surface area contributed by atoms with Crippen LogP contribution < -0.4 is 5.32 Å². The molecule has 0 saturated heterocycles. The van der Waals surface area contributed by atoms with Crippen molar-refractivity contribution in [2.24, 2.45) is 4.99 Å². The van der Waals surface area contributed by atoms with Gasteiger partial charge in [0.15, 0.2) is 0 Å². The maximum atomic E-state index is 10.4. The third-order valence-electron chi connectivity index (χ3n) is 1.45. The molecule has 4 nitrogen and oxygen atoms in total. The molecule has 0 saturated carbocycles. The van der Waals surface area contributed by atoms with E-state index in [1.807, 2.05) is 0 Å². The van der Waals surface area contributed by atoms with Gasteiger partial charge in [0.25, 0.3) is 0 Å². The van der Waals surface area contributed by atoms with E-state index in [1.54, 1.807) is 0 Å². The topological polar surface area (TPSA) is 61.7 Å². The number of aliphatic carboxylic acids is 1. The van der Waals surface area contributed by atoms with Crippen molar-refractivity contribution < 1.29 is 9.90 Å². The minimum Gasteiger partial charge on any atom is -0.480 e. The van der Waals surface area contributed by atoms with Crippen LogP contribution in [0.1, 0.15) is 12.8 Å². The predicted octanol–water partition coefficient (Wildman–Crippen LogP) is -0.149. The van der Waals surface area contributed by atoms with Gasteiger partial charge in [-0.2, -0.15) is 0 Å². The third kappa shape index (κ3) is 1.72. The second-order valence-corrected chi connectivity index (χ2v) is 2.23. The van der Waals surface area contributed by atoms with E-state index >= 15 is 0 Å². The van der Waals surface area contributed by atoms with E-state index in [-0.39, 0.29) is 0 Å². The van der Waals surface area contributed by atoms with Gasteiger partial charge in [-0.3, -0.25) is 4.99 Å². The van der Waals surface area contributed by atoms with Crippen molar-refractivity contribution in [3.63, 3.8) is 0 Å². The zero-order valence-electron chi connectivity index (χ0n) is 5.58. The molecule has 1 aliphatic rings. The van der Waals surface area contributed by atoms with E-state index in [2.05, 4.69) is 10.3 Å². The molecule has 1 rings (SSSR count). The van der Waals surface area contributed by atoms with Crippen LogP contribution in [0.2, 0.25) is 0 Å². The first-order chi connectivity index (χ1) is 4.80. The average Bonchev–Trinajstić information content (AvgIpc) is 2.12. The summed E-state index contributed by atoms with van der Waals surface area (Å²) >= 11 is 0. The summed E-state index contributed by atoms with van der Waals surface area (Å²) < 4.78 is 0. The average molecular weight is 142 g/mol. The highest BCUT2D eigenvalue weighted by Crippen LogP contribution is 1.99. The minimum atomic E-state index is -0.798. The van der Waals surface area contributed by atoms with E-state index in [1.165, 1.54) is 6.34 Å². The number of hydrogen-bond acceptors (Lipinski definition) is 3. The van der Waals surface area contributed by atoms with E-state index in [0.717, 1.165) is 13.0 Å². The van der Waals surface area contributed by atoms with Gasteiger partial charge >= 0.3 is 5.97 Å². The summed E-state index contributed by atoms with van der Waals surface area (Å²) in [4.78, 5) is 14.3. The Balaban J connectivity index is 2.45. The second-order valence-electron chi connectivity index (χ2n) is 2.23. The lowest BCUT2D eigenvalue weighted by Gasteiger charge is -2.07. The zero-order valence-corrected chi connectivity index (χ0v) is 5.58. The molecular formula is C6H10N2O2. The molecule has 0 spiro atoms. The van der Waals surface area contributed by atoms with Gasteiger partial charge < -0.3 is 10.4 Å². The smallest absolute Gasteiger partial charge is 0.326 e. The molecule has 1 aliphatic heterocycles. The van der Waals surface area contributed by atoms with Crippen LogP contribution in [0.5, 0.6) is 0 Å². The number of nitrogens with zero attached hydrogens (tertiary/aromatic N) is 1. The van der Waals surface area contributed by atoms with Gasteiger partial charge in [0.2, 0.25) is 0 Å². The maximum absolute atomic E-state index is 10.4. The molecule has 0 aromatic rings. The first-order valence-electron chi connectivity index (χ1n) is 3.28. The summed E-state index contributed by atoms with van der Waals surface area (Å²) in [6, 6.07) is -0.439. The number of rotatable bonds is 1. The molecule has 0 radical (unpaired) electrons. The lowest BCUT2D eigenvalue weighted by Crippen LogP contribution is -2.34. The molecule has 1 atom stereocenters. The fourth-order valence-electron chi connectivity index (χ4n) is 0.872. The van der Waals surface area contributed by atoms with Gasteiger partial charge in [-0.15, -0.1) is 0 Å². The molecule has 1 unspecified atom stereocenters. The first-order valence-corrected chi connectivity index (χ1v) is 3.28. The Bertz CT molecular complexity index is 156. The molecule has 2 N–H and O–H groups in total. The van der Waals surface area contributed by atoms with Crippen molar-refractivity contribution in [2.45, 2.75) is 18.9 Å². The van der Waals surface area contributed by atoms with Gasteiger partial charge in [0.05, 0.1) is 6.34 Å². The number of carboxylic acids is 1. The number of carbonyl (C=O) groups is 1. The van der Waals surface area contributed by atoms with Crippen LogP contribution in [0.4, 0.5) is 0 Å². The standard InChI is InChI=1S/C6H10N2O2/c9-6(10)5-2-1-3-7-4-8-5/h4-5H,1-3H2,(H,7,8)(H,9,10). The molecule has 10 heavy (non-hydrogen) atoms. The SMILES string of the molecule is O=C(O)C1CCCN=CN1. The Kier molecular flexibility index (Phi) is 2.25. The Labute approximate surface area is 59.0 Å². The van der Waals surface area contributed by atoms with Crippen molar-refractivity contribution in [3.8, 4) is 0 Å². The van der Waals surface area contributed by atoms with Crippen LogP contribution in [0.15, 0.2) is 4.99 Å². The summed E-state index contributed by atoms with van der Waals surface area (Å²) in [5.74, 6) is -0.798. The van der Waals surface area contributed by atoms with Crippen molar-refractivity contribution in [1.82, 2.24) is 5.32 Å². The third-order valence-corrected chi connectivity index (χ3v) is 1.45. The van der Waals surface area contributed by atoms with Crippen molar-refractivity contribution in [1.29, 1.82) is 0 Å². The summed E-state index contributed by atoms with van der Waals surface area (Å²) in [6.07, 6.45) is 2.99. The van der Waals surface area contributed by atoms with Crippen LogP contribution in [0.25, 0.3) is 0 Å². The number of hydrogen-bond donors (Lipinski definition) is 2. The first kappa shape index (κ1) is 7.05. The van der Waals surface area contributed by atoms with Gasteiger partial charge in [-0.25, -0.2) is 4.79 Å². The normalized spacial score (nSPS) is 25.0. The summed E-state index contributed by atoms with van der Waals surface area (Å²) in [5.41, 5.74) is 0. The van der Waals surface area contributed by atoms with Gasteiger partial charge in [-0.05, 0) is 12.8 Å². The lowest BCUT2D eigenvalue weighted by atomic mass is 10.2. The fourth-order valence-corrected chi connectivity index (χ4v) is 0.872. The molecule has 0 amide bonds. The quantitative estimate of drug-likeness (QED) is 0.535. The van der Waals surface area contributed by atoms with Crippen LogP contribution in [0.3, 0.4) is 0 Å². The molecule has 0 aromatic carbocycles. The second kappa shape index (κ2) is 3.20. The van der Waals surface area contributed by atoms with Crippen LogP contribution >= 0.6 is 0 Å². The van der Waals surface area contributed by atoms with E-state index in [9.17, 15) is 4.79 Å². The Morgan fingerprint density at radius 3 is 3.30 bits per heavy atom. The van der Waals surface area contributed by atoms with Gasteiger partial charge in [0, 0.05) is 6.54 Å². The molecular weight excluding hydrogens is 132 g/mol. The Hall–Kier alpha value is -1.06. The van der Waals surface area contributed by atoms with Crippen molar-refractivity contribution >= 4 is 12.3 Å². The molecule has 0 bridgehead atoms. The summed E-state index contributed by atoms with van der Waals surface area (Å²) in [5, 5.41) is 11.2. The lowest BCUT2D eigenvalue weighted by molar-refractivity contribution is -0.139. The van der Waals surface area contributed by atoms with Gasteiger partial charge in [-0.1, -0.05) is 0 Å². The maximum Gasteiger partial charge on any atom is 0.326 e. The highest BCUT2D eigenvalue weighted by molar-refractivity contribution is 5.77. The van der Waals surface area contributed by atoms with E-state index in [4.69, 9.17) is 5.11 Å². The monoisotopic (exact) mass is 142 g/mol. The summed E-state index contributed by atoms with van der Waals surface area (Å²) in [6.45, 7) is 0.733. The molecule has 1 heterocycles. The highest BCUT2D eigenvalue weighted by Gasteiger charge is 2.15. The van der Waals surface area contributed by atoms with Crippen molar-refractivity contribution in [2.75, 3.05) is 6.54 Å². The zero-order chi connectivity index (χ0) is 7.40.